The number of hydrogen-bond donors (Lipinski definition) is 3. The summed E-state index contributed by atoms with van der Waals surface area (Å²) in [6.07, 6.45) is 0. The van der Waals surface area contributed by atoms with Crippen LogP contribution < -0.4 is 40.2 Å². The van der Waals surface area contributed by atoms with Gasteiger partial charge in [0.2, 0.25) is 11.8 Å². The fourth-order valence-corrected chi connectivity index (χ4v) is 5.59. The molecule has 0 saturated heterocycles. The summed E-state index contributed by atoms with van der Waals surface area (Å²) in [7, 11) is 0. The molecule has 0 aliphatic carbocycles. The number of halogens is 3. The van der Waals surface area contributed by atoms with Crippen LogP contribution in [0.15, 0.2) is 0 Å². The van der Waals surface area contributed by atoms with Crippen molar-refractivity contribution in [1.82, 2.24) is 0 Å². The Labute approximate surface area is 184 Å². The van der Waals surface area contributed by atoms with E-state index in [1.807, 2.05) is 67.8 Å². The summed E-state index contributed by atoms with van der Waals surface area (Å²) in [4.78, 5) is 33.9. The molecule has 1 aromatic rings. The maximum atomic E-state index is 11.4. The van der Waals surface area contributed by atoms with Crippen molar-refractivity contribution >= 4 is 96.9 Å². The molecule has 1 aromatic carbocycles. The molecule has 0 aliphatic heterocycles. The van der Waals surface area contributed by atoms with E-state index in [0.29, 0.717) is 22.1 Å². The average Bonchev–Trinajstić information content (AvgIpc) is 2.29. The first-order valence-corrected chi connectivity index (χ1v) is 8.39. The topological polar surface area (TPSA) is 95.5 Å². The van der Waals surface area contributed by atoms with Gasteiger partial charge < -0.3 is 15.7 Å². The molecule has 0 bridgehead atoms. The summed E-state index contributed by atoms with van der Waals surface area (Å²) in [5, 5.41) is 14.5. The molecular weight excluding hydrogens is 628 g/mol. The van der Waals surface area contributed by atoms with Gasteiger partial charge in [-0.2, -0.15) is 0 Å². The number of aromatic carboxylic acids is 1. The smallest absolute Gasteiger partial charge is 0.478 e. The minimum Gasteiger partial charge on any atom is -0.478 e. The van der Waals surface area contributed by atoms with Gasteiger partial charge in [0.25, 0.3) is 0 Å². The zero-order valence-corrected chi connectivity index (χ0v) is 19.8. The largest absolute Gasteiger partial charge is 1.00 e. The molecule has 0 unspecified atom stereocenters. The van der Waals surface area contributed by atoms with E-state index in [0.717, 1.165) is 0 Å². The summed E-state index contributed by atoms with van der Waals surface area (Å²) in [6, 6.07) is 0. The summed E-state index contributed by atoms with van der Waals surface area (Å²) < 4.78 is 1.44. The first-order chi connectivity index (χ1) is 9.16. The third-order valence-corrected chi connectivity index (χ3v) is 5.37. The van der Waals surface area contributed by atoms with Gasteiger partial charge in [-0.15, -0.1) is 0 Å². The Balaban J connectivity index is 0.00000400. The van der Waals surface area contributed by atoms with Gasteiger partial charge in [0.15, 0.2) is 0 Å². The molecule has 0 radical (unpaired) electrons. The number of carbonyl (C=O) groups excluding carboxylic acids is 2. The fourth-order valence-electron chi connectivity index (χ4n) is 1.42. The fraction of sp³-hybridized carbons (Fsp3) is 0.182. The quantitative estimate of drug-likeness (QED) is 0.325. The number of benzene rings is 1. The predicted molar refractivity (Wildman–Crippen MR) is 100 cm³/mol. The Morgan fingerprint density at radius 1 is 0.857 bits per heavy atom. The Bertz CT molecular complexity index is 579. The summed E-state index contributed by atoms with van der Waals surface area (Å²) in [5.41, 5.74) is 0.833. The van der Waals surface area contributed by atoms with Gasteiger partial charge in [-0.25, -0.2) is 4.79 Å². The molecule has 0 saturated carbocycles. The predicted octanol–water partition coefficient (Wildman–Crippen LogP) is 0.119. The van der Waals surface area contributed by atoms with E-state index in [9.17, 15) is 19.5 Å². The molecule has 3 N–H and O–H groups in total. The maximum absolute atomic E-state index is 11.4. The molecule has 10 heteroatoms. The van der Waals surface area contributed by atoms with Crippen molar-refractivity contribution in [1.29, 1.82) is 0 Å². The van der Waals surface area contributed by atoms with Crippen LogP contribution in [0.1, 0.15) is 24.2 Å². The van der Waals surface area contributed by atoms with Crippen LogP contribution in [0, 0.1) is 10.7 Å². The van der Waals surface area contributed by atoms with E-state index in [4.69, 9.17) is 0 Å². The van der Waals surface area contributed by atoms with Gasteiger partial charge in [-0.3, -0.25) is 9.59 Å². The van der Waals surface area contributed by atoms with E-state index < -0.39 is 5.97 Å². The van der Waals surface area contributed by atoms with E-state index >= 15 is 0 Å². The van der Waals surface area contributed by atoms with Crippen molar-refractivity contribution in [2.24, 2.45) is 0 Å². The molecule has 0 heterocycles. The van der Waals surface area contributed by atoms with Crippen molar-refractivity contribution in [2.75, 3.05) is 10.6 Å². The van der Waals surface area contributed by atoms with Gasteiger partial charge in [-0.1, -0.05) is 0 Å². The minimum absolute atomic E-state index is 0. The number of anilines is 2. The van der Waals surface area contributed by atoms with Gasteiger partial charge in [0.1, 0.15) is 0 Å². The molecule has 21 heavy (non-hydrogen) atoms. The molecular formula is C11H9I3N2NaO4+. The molecule has 108 valence electrons. The Kier molecular flexibility index (Phi) is 9.56. The summed E-state index contributed by atoms with van der Waals surface area (Å²) >= 11 is 5.71. The van der Waals surface area contributed by atoms with Crippen molar-refractivity contribution in [2.45, 2.75) is 13.8 Å². The van der Waals surface area contributed by atoms with Crippen molar-refractivity contribution in [3.05, 3.63) is 16.3 Å². The van der Waals surface area contributed by atoms with Crippen molar-refractivity contribution in [3.8, 4) is 0 Å². The van der Waals surface area contributed by atoms with E-state index in [1.54, 1.807) is 0 Å². The number of nitrogens with one attached hydrogen (secondary N) is 2. The summed E-state index contributed by atoms with van der Waals surface area (Å²) in [6.45, 7) is 2.67. The number of amides is 2. The standard InChI is InChI=1S/C11H9I3N2O4.Na/c1-3(17)15-9-6(12)5(11(19)20)7(13)10(8(9)14)16-4(2)18;/h1-2H3,(H,15,17)(H,16,18)(H,19,20);/q;+1. The Morgan fingerprint density at radius 2 is 1.19 bits per heavy atom. The number of hydrogen-bond acceptors (Lipinski definition) is 3. The van der Waals surface area contributed by atoms with E-state index in [2.05, 4.69) is 10.6 Å². The number of carboxylic acid groups (broad SMARTS) is 1. The van der Waals surface area contributed by atoms with Crippen LogP contribution in [0.25, 0.3) is 0 Å². The number of carbonyl (C=O) groups is 3. The minimum atomic E-state index is -1.12. The average molecular weight is 637 g/mol. The van der Waals surface area contributed by atoms with Crippen LogP contribution in [-0.4, -0.2) is 22.9 Å². The molecule has 6 nitrogen and oxygen atoms in total. The van der Waals surface area contributed by atoms with Crippen molar-refractivity contribution < 1.29 is 49.0 Å². The number of rotatable bonds is 3. The molecule has 1 rings (SSSR count). The monoisotopic (exact) mass is 637 g/mol. The van der Waals surface area contributed by atoms with Crippen LogP contribution in [0.4, 0.5) is 11.4 Å². The second kappa shape index (κ2) is 9.20. The molecule has 0 spiro atoms. The van der Waals surface area contributed by atoms with E-state index in [1.165, 1.54) is 13.8 Å². The third kappa shape index (κ3) is 5.44. The molecule has 0 fully saturated rings. The first kappa shape index (κ1) is 21.8. The Morgan fingerprint density at radius 3 is 1.43 bits per heavy atom. The second-order valence-electron chi connectivity index (χ2n) is 3.73. The van der Waals surface area contributed by atoms with Gasteiger partial charge in [0, 0.05) is 13.8 Å². The zero-order valence-electron chi connectivity index (χ0n) is 11.3. The van der Waals surface area contributed by atoms with Gasteiger partial charge >= 0.3 is 35.5 Å². The second-order valence-corrected chi connectivity index (χ2v) is 6.97. The van der Waals surface area contributed by atoms with Gasteiger partial charge in [-0.05, 0) is 67.8 Å². The molecule has 0 aromatic heterocycles. The van der Waals surface area contributed by atoms with Crippen molar-refractivity contribution in [3.63, 3.8) is 0 Å². The van der Waals surface area contributed by atoms with Crippen LogP contribution in [0.3, 0.4) is 0 Å². The van der Waals surface area contributed by atoms with Crippen LogP contribution in [0.5, 0.6) is 0 Å². The van der Waals surface area contributed by atoms with Crippen LogP contribution in [-0.2, 0) is 9.59 Å². The number of carboxylic acids is 1. The third-order valence-electron chi connectivity index (χ3n) is 2.13. The SMILES string of the molecule is CC(=O)Nc1c(I)c(NC(C)=O)c(I)c(C(=O)O)c1I.[Na+]. The summed E-state index contributed by atoms with van der Waals surface area (Å²) in [5.74, 6) is -1.74. The first-order valence-electron chi connectivity index (χ1n) is 5.15. The van der Waals surface area contributed by atoms with Gasteiger partial charge in [0.05, 0.1) is 27.6 Å². The van der Waals surface area contributed by atoms with Crippen LogP contribution >= 0.6 is 67.8 Å². The van der Waals surface area contributed by atoms with Crippen LogP contribution in [0.2, 0.25) is 0 Å². The molecule has 0 atom stereocenters. The zero-order chi connectivity index (χ0) is 15.6. The van der Waals surface area contributed by atoms with E-state index in [-0.39, 0.29) is 46.9 Å². The maximum Gasteiger partial charge on any atom is 1.00 e. The molecule has 2 amide bonds. The molecule has 0 aliphatic rings. The normalized spacial score (nSPS) is 9.57. The Hall–Kier alpha value is 0.820.